The minimum Gasteiger partial charge on any atom is -0.356 e. The fraction of sp³-hybridized carbons (Fsp3) is 0.800. The second-order valence-electron chi connectivity index (χ2n) is 3.16. The average Bonchev–Trinajstić information content (AvgIpc) is 2.13. The van der Waals surface area contributed by atoms with Gasteiger partial charge in [-0.25, -0.2) is 0 Å². The summed E-state index contributed by atoms with van der Waals surface area (Å²) in [7, 11) is 0. The second kappa shape index (κ2) is 14.1. The predicted octanol–water partition coefficient (Wildman–Crippen LogP) is -1.76. The Balaban J connectivity index is 0. The van der Waals surface area contributed by atoms with Crippen molar-refractivity contribution < 1.29 is 56.2 Å². The molecule has 78 valence electrons. The van der Waals surface area contributed by atoms with Crippen LogP contribution in [0.25, 0.3) is 0 Å². The molecule has 0 aliphatic rings. The first kappa shape index (κ1) is 17.5. The monoisotopic (exact) mass is 224 g/mol. The summed E-state index contributed by atoms with van der Waals surface area (Å²) in [4.78, 5) is 11.1. The third-order valence-corrected chi connectivity index (χ3v) is 1.86. The van der Waals surface area contributed by atoms with E-state index in [0.29, 0.717) is 13.0 Å². The van der Waals surface area contributed by atoms with Gasteiger partial charge in [-0.15, -0.1) is 0 Å². The number of carbonyl (C=O) groups excluding carboxylic acids is 1. The number of rotatable bonds is 8. The normalized spacial score (nSPS) is 9.29. The molecule has 0 heterocycles. The minimum atomic E-state index is 0. The molecule has 0 aliphatic heterocycles. The molecule has 0 fully saturated rings. The largest absolute Gasteiger partial charge is 1.00 e. The number of nitrogens with one attached hydrogen (secondary N) is 1. The molecule has 4 heteroatoms. The summed E-state index contributed by atoms with van der Waals surface area (Å²) in [5, 5.41) is 2.87. The predicted molar refractivity (Wildman–Crippen MR) is 55.1 cm³/mol. The molecule has 0 radical (unpaired) electrons. The van der Waals surface area contributed by atoms with Crippen molar-refractivity contribution in [1.82, 2.24) is 5.32 Å². The molecule has 3 N–H and O–H groups in total. The SMILES string of the molecule is [CH2-]CCCCNC(=O)CCCCN.[K+]. The van der Waals surface area contributed by atoms with Gasteiger partial charge in [-0.2, -0.15) is 6.42 Å². The van der Waals surface area contributed by atoms with Gasteiger partial charge in [0.05, 0.1) is 0 Å². The molecule has 0 rings (SSSR count). The van der Waals surface area contributed by atoms with Gasteiger partial charge < -0.3 is 18.0 Å². The van der Waals surface area contributed by atoms with E-state index in [1.54, 1.807) is 0 Å². The number of amides is 1. The summed E-state index contributed by atoms with van der Waals surface area (Å²) in [6.45, 7) is 5.20. The van der Waals surface area contributed by atoms with Gasteiger partial charge in [0.25, 0.3) is 0 Å². The molecule has 0 aromatic heterocycles. The van der Waals surface area contributed by atoms with E-state index in [1.165, 1.54) is 0 Å². The van der Waals surface area contributed by atoms with Crippen LogP contribution in [0, 0.1) is 6.92 Å². The number of hydrogen-bond donors (Lipinski definition) is 2. The third kappa shape index (κ3) is 13.1. The Hall–Kier alpha value is 1.07. The van der Waals surface area contributed by atoms with Crippen LogP contribution in [-0.4, -0.2) is 19.0 Å². The number of nitrogens with two attached hydrogens (primary N) is 1. The molecule has 0 bridgehead atoms. The zero-order valence-electron chi connectivity index (χ0n) is 9.35. The maximum Gasteiger partial charge on any atom is 1.00 e. The van der Waals surface area contributed by atoms with E-state index >= 15 is 0 Å². The Morgan fingerprint density at radius 1 is 1.21 bits per heavy atom. The van der Waals surface area contributed by atoms with Crippen molar-refractivity contribution in [3.63, 3.8) is 0 Å². The third-order valence-electron chi connectivity index (χ3n) is 1.86. The number of unbranched alkanes of at least 4 members (excludes halogenated alkanes) is 3. The Morgan fingerprint density at radius 2 is 1.93 bits per heavy atom. The second-order valence-corrected chi connectivity index (χ2v) is 3.16. The molecule has 0 atom stereocenters. The minimum absolute atomic E-state index is 0. The van der Waals surface area contributed by atoms with Gasteiger partial charge in [0.15, 0.2) is 0 Å². The molecular weight excluding hydrogens is 203 g/mol. The van der Waals surface area contributed by atoms with Crippen LogP contribution in [0.2, 0.25) is 0 Å². The number of carbonyl (C=O) groups is 1. The molecule has 0 aromatic carbocycles. The summed E-state index contributed by atoms with van der Waals surface area (Å²) < 4.78 is 0. The smallest absolute Gasteiger partial charge is 0.356 e. The summed E-state index contributed by atoms with van der Waals surface area (Å²) in [5.41, 5.74) is 5.32. The van der Waals surface area contributed by atoms with E-state index in [0.717, 1.165) is 38.6 Å². The van der Waals surface area contributed by atoms with Crippen LogP contribution < -0.4 is 62.4 Å². The summed E-state index contributed by atoms with van der Waals surface area (Å²) in [6.07, 6.45) is 5.52. The van der Waals surface area contributed by atoms with Gasteiger partial charge in [0.2, 0.25) is 5.91 Å². The molecule has 14 heavy (non-hydrogen) atoms. The van der Waals surface area contributed by atoms with Gasteiger partial charge in [-0.05, 0) is 25.8 Å². The molecule has 3 nitrogen and oxygen atoms in total. The van der Waals surface area contributed by atoms with Crippen LogP contribution in [0.5, 0.6) is 0 Å². The van der Waals surface area contributed by atoms with Crippen molar-refractivity contribution in [3.8, 4) is 0 Å². The van der Waals surface area contributed by atoms with Crippen LogP contribution >= 0.6 is 0 Å². The van der Waals surface area contributed by atoms with Crippen molar-refractivity contribution >= 4 is 5.91 Å². The summed E-state index contributed by atoms with van der Waals surface area (Å²) in [6, 6.07) is 0. The summed E-state index contributed by atoms with van der Waals surface area (Å²) >= 11 is 0. The number of hydrogen-bond acceptors (Lipinski definition) is 2. The Morgan fingerprint density at radius 3 is 2.50 bits per heavy atom. The molecule has 0 aliphatic carbocycles. The van der Waals surface area contributed by atoms with Gasteiger partial charge in [-0.3, -0.25) is 4.79 Å². The Labute approximate surface area is 130 Å². The molecule has 0 saturated heterocycles. The standard InChI is InChI=1S/C10H21N2O.K/c1-2-3-6-9-12-10(13)7-4-5-8-11;/h1-9,11H2,(H,12,13);/q-1;+1. The first-order chi connectivity index (χ1) is 6.31. The van der Waals surface area contributed by atoms with Crippen molar-refractivity contribution in [1.29, 1.82) is 0 Å². The van der Waals surface area contributed by atoms with Crippen molar-refractivity contribution in [3.05, 3.63) is 6.92 Å². The Kier molecular flexibility index (Phi) is 17.5. The average molecular weight is 224 g/mol. The maximum absolute atomic E-state index is 11.1. The van der Waals surface area contributed by atoms with Crippen molar-refractivity contribution in [2.75, 3.05) is 13.1 Å². The quantitative estimate of drug-likeness (QED) is 0.292. The fourth-order valence-electron chi connectivity index (χ4n) is 1.05. The van der Waals surface area contributed by atoms with E-state index in [-0.39, 0.29) is 57.3 Å². The fourth-order valence-corrected chi connectivity index (χ4v) is 1.05. The maximum atomic E-state index is 11.1. The molecule has 0 aromatic rings. The zero-order chi connectivity index (χ0) is 9.94. The van der Waals surface area contributed by atoms with E-state index in [2.05, 4.69) is 12.2 Å². The molecule has 1 amide bonds. The van der Waals surface area contributed by atoms with Crippen LogP contribution in [0.15, 0.2) is 0 Å². The Bertz CT molecular complexity index is 131. The van der Waals surface area contributed by atoms with Crippen LogP contribution in [0.1, 0.15) is 38.5 Å². The molecule has 0 spiro atoms. The van der Waals surface area contributed by atoms with Crippen LogP contribution in [-0.2, 0) is 4.79 Å². The molecular formula is C10H21KN2O. The molecule has 0 unspecified atom stereocenters. The van der Waals surface area contributed by atoms with E-state index in [1.807, 2.05) is 0 Å². The van der Waals surface area contributed by atoms with E-state index < -0.39 is 0 Å². The van der Waals surface area contributed by atoms with Crippen molar-refractivity contribution in [2.24, 2.45) is 5.73 Å². The van der Waals surface area contributed by atoms with Gasteiger partial charge in [0.1, 0.15) is 0 Å². The van der Waals surface area contributed by atoms with E-state index in [4.69, 9.17) is 5.73 Å². The summed E-state index contributed by atoms with van der Waals surface area (Å²) in [5.74, 6) is 0.150. The van der Waals surface area contributed by atoms with Gasteiger partial charge in [0, 0.05) is 13.0 Å². The topological polar surface area (TPSA) is 55.1 Å². The van der Waals surface area contributed by atoms with Gasteiger partial charge in [-0.1, -0.05) is 6.42 Å². The first-order valence-electron chi connectivity index (χ1n) is 5.07. The van der Waals surface area contributed by atoms with Crippen LogP contribution in [0.3, 0.4) is 0 Å². The molecule has 0 saturated carbocycles. The van der Waals surface area contributed by atoms with Crippen LogP contribution in [0.4, 0.5) is 0 Å². The first-order valence-corrected chi connectivity index (χ1v) is 5.07. The van der Waals surface area contributed by atoms with E-state index in [9.17, 15) is 4.79 Å². The van der Waals surface area contributed by atoms with Crippen molar-refractivity contribution in [2.45, 2.75) is 38.5 Å². The zero-order valence-corrected chi connectivity index (χ0v) is 12.5. The van der Waals surface area contributed by atoms with Gasteiger partial charge >= 0.3 is 51.4 Å².